The maximum Gasteiger partial charge on any atom is 0.408 e. The van der Waals surface area contributed by atoms with Crippen LogP contribution in [0.4, 0.5) is 4.79 Å². The SMILES string of the molecule is CCCC(C)NC(=O)C(c1ccccc1C)N(C(=O)C(CCC(N)=O)NC(=O)OC(C)(C)C)C1CC1C. The number of nitrogens with two attached hydrogens (primary N) is 1. The van der Waals surface area contributed by atoms with Gasteiger partial charge in [-0.1, -0.05) is 44.5 Å². The molecule has 1 aromatic rings. The van der Waals surface area contributed by atoms with Gasteiger partial charge in [0.05, 0.1) is 0 Å². The Hall–Kier alpha value is -3.10. The van der Waals surface area contributed by atoms with Gasteiger partial charge in [-0.15, -0.1) is 0 Å². The Kier molecular flexibility index (Phi) is 10.5. The summed E-state index contributed by atoms with van der Waals surface area (Å²) in [6.45, 7) is 13.1. The number of primary amides is 1. The lowest BCUT2D eigenvalue weighted by atomic mass is 9.96. The highest BCUT2D eigenvalue weighted by Gasteiger charge is 2.48. The summed E-state index contributed by atoms with van der Waals surface area (Å²) in [6, 6.07) is 5.29. The molecule has 9 heteroatoms. The van der Waals surface area contributed by atoms with Crippen LogP contribution in [-0.4, -0.2) is 52.4 Å². The van der Waals surface area contributed by atoms with Crippen LogP contribution in [0.2, 0.25) is 0 Å². The minimum absolute atomic E-state index is 0.000636. The number of hydrogen-bond donors (Lipinski definition) is 3. The summed E-state index contributed by atoms with van der Waals surface area (Å²) < 4.78 is 5.38. The number of carbonyl (C=O) groups is 4. The standard InChI is InChI=1S/C28H44N4O5/c1-8-11-19(4)30-25(34)24(20-13-10-9-12-17(20)2)32(22-16-18(22)3)26(35)21(14-15-23(29)33)31-27(36)37-28(5,6)7/h9-10,12-13,18-19,21-22,24H,8,11,14-16H2,1-7H3,(H2,29,33)(H,30,34)(H,31,36). The molecule has 1 aliphatic rings. The van der Waals surface area contributed by atoms with Crippen molar-refractivity contribution >= 4 is 23.8 Å². The largest absolute Gasteiger partial charge is 0.444 e. The van der Waals surface area contributed by atoms with Gasteiger partial charge in [-0.2, -0.15) is 0 Å². The lowest BCUT2D eigenvalue weighted by molar-refractivity contribution is -0.144. The number of benzene rings is 1. The number of ether oxygens (including phenoxy) is 1. The molecular weight excluding hydrogens is 472 g/mol. The topological polar surface area (TPSA) is 131 Å². The fourth-order valence-corrected chi connectivity index (χ4v) is 4.48. The van der Waals surface area contributed by atoms with E-state index in [9.17, 15) is 19.2 Å². The van der Waals surface area contributed by atoms with E-state index >= 15 is 0 Å². The first-order valence-electron chi connectivity index (χ1n) is 13.2. The zero-order chi connectivity index (χ0) is 27.9. The number of amides is 4. The molecule has 0 aliphatic heterocycles. The van der Waals surface area contributed by atoms with Gasteiger partial charge in [-0.3, -0.25) is 14.4 Å². The van der Waals surface area contributed by atoms with Crippen LogP contribution >= 0.6 is 0 Å². The minimum atomic E-state index is -1.08. The Balaban J connectivity index is 2.50. The molecule has 0 heterocycles. The maximum absolute atomic E-state index is 14.1. The fourth-order valence-electron chi connectivity index (χ4n) is 4.48. The van der Waals surface area contributed by atoms with Gasteiger partial charge in [0.2, 0.25) is 17.7 Å². The van der Waals surface area contributed by atoms with Crippen molar-refractivity contribution in [1.82, 2.24) is 15.5 Å². The average molecular weight is 517 g/mol. The van der Waals surface area contributed by atoms with Crippen LogP contribution in [0.1, 0.15) is 90.8 Å². The number of rotatable bonds is 12. The van der Waals surface area contributed by atoms with Crippen LogP contribution in [-0.2, 0) is 19.1 Å². The van der Waals surface area contributed by atoms with Crippen LogP contribution in [0.15, 0.2) is 24.3 Å². The first kappa shape index (κ1) is 30.1. The molecule has 0 bridgehead atoms. The minimum Gasteiger partial charge on any atom is -0.444 e. The number of hydrogen-bond acceptors (Lipinski definition) is 5. The summed E-state index contributed by atoms with van der Waals surface area (Å²) in [4.78, 5) is 53.7. The maximum atomic E-state index is 14.1. The van der Waals surface area contributed by atoms with E-state index in [0.717, 1.165) is 30.4 Å². The van der Waals surface area contributed by atoms with Crippen molar-refractivity contribution < 1.29 is 23.9 Å². The molecule has 1 aliphatic carbocycles. The second-order valence-corrected chi connectivity index (χ2v) is 11.2. The summed E-state index contributed by atoms with van der Waals surface area (Å²) >= 11 is 0. The number of nitrogens with one attached hydrogen (secondary N) is 2. The third-order valence-electron chi connectivity index (χ3n) is 6.47. The van der Waals surface area contributed by atoms with Crippen molar-refractivity contribution in [1.29, 1.82) is 0 Å². The molecular formula is C28H44N4O5. The van der Waals surface area contributed by atoms with Crippen molar-refractivity contribution in [3.8, 4) is 0 Å². The fraction of sp³-hybridized carbons (Fsp3) is 0.643. The van der Waals surface area contributed by atoms with Gasteiger partial charge in [0.1, 0.15) is 17.7 Å². The summed E-state index contributed by atoms with van der Waals surface area (Å²) in [5.41, 5.74) is 6.21. The van der Waals surface area contributed by atoms with Crippen LogP contribution in [0.25, 0.3) is 0 Å². The number of nitrogens with zero attached hydrogens (tertiary/aromatic N) is 1. The molecule has 4 amide bonds. The van der Waals surface area contributed by atoms with Crippen molar-refractivity contribution in [3.63, 3.8) is 0 Å². The first-order valence-corrected chi connectivity index (χ1v) is 13.2. The Morgan fingerprint density at radius 1 is 1.14 bits per heavy atom. The van der Waals surface area contributed by atoms with Gasteiger partial charge >= 0.3 is 6.09 Å². The van der Waals surface area contributed by atoms with Gasteiger partial charge in [0, 0.05) is 18.5 Å². The Labute approximate surface area is 220 Å². The van der Waals surface area contributed by atoms with Crippen LogP contribution in [0, 0.1) is 12.8 Å². The molecule has 37 heavy (non-hydrogen) atoms. The van der Waals surface area contributed by atoms with Crippen molar-refractivity contribution in [2.24, 2.45) is 11.7 Å². The van der Waals surface area contributed by atoms with Crippen molar-refractivity contribution in [2.45, 2.75) is 110 Å². The van der Waals surface area contributed by atoms with E-state index in [-0.39, 0.29) is 36.8 Å². The van der Waals surface area contributed by atoms with E-state index < -0.39 is 35.6 Å². The molecule has 2 rings (SSSR count). The van der Waals surface area contributed by atoms with Gasteiger partial charge in [-0.25, -0.2) is 4.79 Å². The number of alkyl carbamates (subject to hydrolysis) is 1. The molecule has 5 atom stereocenters. The highest BCUT2D eigenvalue weighted by molar-refractivity contribution is 5.93. The van der Waals surface area contributed by atoms with Crippen LogP contribution in [0.5, 0.6) is 0 Å². The molecule has 0 radical (unpaired) electrons. The molecule has 1 fully saturated rings. The van der Waals surface area contributed by atoms with E-state index in [2.05, 4.69) is 17.6 Å². The molecule has 5 unspecified atom stereocenters. The second kappa shape index (κ2) is 12.9. The highest BCUT2D eigenvalue weighted by Crippen LogP contribution is 2.41. The van der Waals surface area contributed by atoms with Gasteiger partial charge in [-0.05, 0) is 70.9 Å². The third kappa shape index (κ3) is 9.05. The molecule has 0 saturated heterocycles. The zero-order valence-corrected chi connectivity index (χ0v) is 23.3. The summed E-state index contributed by atoms with van der Waals surface area (Å²) in [7, 11) is 0. The first-order chi connectivity index (χ1) is 17.2. The van der Waals surface area contributed by atoms with Gasteiger partial charge < -0.3 is 26.0 Å². The Morgan fingerprint density at radius 2 is 1.76 bits per heavy atom. The average Bonchev–Trinajstić information content (AvgIpc) is 3.49. The molecule has 0 aromatic heterocycles. The van der Waals surface area contributed by atoms with E-state index in [4.69, 9.17) is 10.5 Å². The molecule has 1 saturated carbocycles. The number of aryl methyl sites for hydroxylation is 1. The summed E-state index contributed by atoms with van der Waals surface area (Å²) in [5.74, 6) is -1.10. The lowest BCUT2D eigenvalue weighted by Crippen LogP contribution is -2.54. The van der Waals surface area contributed by atoms with E-state index in [1.165, 1.54) is 0 Å². The van der Waals surface area contributed by atoms with Crippen LogP contribution in [0.3, 0.4) is 0 Å². The zero-order valence-electron chi connectivity index (χ0n) is 23.3. The van der Waals surface area contributed by atoms with E-state index in [1.54, 1.807) is 25.7 Å². The van der Waals surface area contributed by atoms with Crippen molar-refractivity contribution in [2.75, 3.05) is 0 Å². The lowest BCUT2D eigenvalue weighted by Gasteiger charge is -2.36. The second-order valence-electron chi connectivity index (χ2n) is 11.2. The summed E-state index contributed by atoms with van der Waals surface area (Å²) in [6.07, 6.45) is 1.58. The Morgan fingerprint density at radius 3 is 2.27 bits per heavy atom. The molecule has 4 N–H and O–H groups in total. The normalized spacial score (nSPS) is 19.2. The predicted octanol–water partition coefficient (Wildman–Crippen LogP) is 3.74. The van der Waals surface area contributed by atoms with Crippen LogP contribution < -0.4 is 16.4 Å². The quantitative estimate of drug-likeness (QED) is 0.390. The van der Waals surface area contributed by atoms with Gasteiger partial charge in [0.25, 0.3) is 0 Å². The van der Waals surface area contributed by atoms with E-state index in [0.29, 0.717) is 0 Å². The van der Waals surface area contributed by atoms with Gasteiger partial charge in [0.15, 0.2) is 0 Å². The van der Waals surface area contributed by atoms with Crippen molar-refractivity contribution in [3.05, 3.63) is 35.4 Å². The highest BCUT2D eigenvalue weighted by atomic mass is 16.6. The Bertz CT molecular complexity index is 974. The number of carbonyl (C=O) groups excluding carboxylic acids is 4. The molecule has 0 spiro atoms. The monoisotopic (exact) mass is 516 g/mol. The molecule has 206 valence electrons. The smallest absolute Gasteiger partial charge is 0.408 e. The van der Waals surface area contributed by atoms with E-state index in [1.807, 2.05) is 45.0 Å². The molecule has 9 nitrogen and oxygen atoms in total. The third-order valence-corrected chi connectivity index (χ3v) is 6.47. The summed E-state index contributed by atoms with van der Waals surface area (Å²) in [5, 5.41) is 5.72. The molecule has 1 aromatic carbocycles. The predicted molar refractivity (Wildman–Crippen MR) is 142 cm³/mol.